The lowest BCUT2D eigenvalue weighted by molar-refractivity contribution is 0.414. The maximum Gasteiger partial charge on any atom is 0.191 e. The second-order valence-corrected chi connectivity index (χ2v) is 6.57. The van der Waals surface area contributed by atoms with Crippen molar-refractivity contribution in [2.24, 2.45) is 4.99 Å². The number of hydrogen-bond acceptors (Lipinski definition) is 3. The zero-order chi connectivity index (χ0) is 19.8. The standard InChI is InChI=1S/C22H27N5O/c1-17(18-7-5-4-6-8-18)15-24-22(23-2)25-16-19-13-14-27(26-19)20-9-11-21(28-3)12-10-20/h4-14,17H,15-16H2,1-3H3,(H2,23,24,25). The Labute approximate surface area is 166 Å². The molecule has 0 saturated carbocycles. The molecule has 0 fully saturated rings. The van der Waals surface area contributed by atoms with E-state index in [1.165, 1.54) is 5.56 Å². The SMILES string of the molecule is CN=C(NCc1ccn(-c2ccc(OC)cc2)n1)NCC(C)c1ccccc1. The van der Waals surface area contributed by atoms with Gasteiger partial charge in [-0.3, -0.25) is 4.99 Å². The molecule has 2 N–H and O–H groups in total. The molecule has 3 aromatic rings. The van der Waals surface area contributed by atoms with E-state index in [9.17, 15) is 0 Å². The lowest BCUT2D eigenvalue weighted by Crippen LogP contribution is -2.38. The average Bonchev–Trinajstić information content (AvgIpc) is 3.23. The molecule has 3 rings (SSSR count). The molecule has 0 bridgehead atoms. The molecule has 28 heavy (non-hydrogen) atoms. The maximum absolute atomic E-state index is 5.20. The third-order valence-corrected chi connectivity index (χ3v) is 4.59. The van der Waals surface area contributed by atoms with Gasteiger partial charge in [-0.1, -0.05) is 37.3 Å². The van der Waals surface area contributed by atoms with Gasteiger partial charge < -0.3 is 15.4 Å². The lowest BCUT2D eigenvalue weighted by atomic mass is 10.0. The van der Waals surface area contributed by atoms with Crippen LogP contribution in [0.5, 0.6) is 5.75 Å². The van der Waals surface area contributed by atoms with Crippen LogP contribution in [0, 0.1) is 0 Å². The van der Waals surface area contributed by atoms with Crippen molar-refractivity contribution in [1.82, 2.24) is 20.4 Å². The second kappa shape index (κ2) is 9.60. The number of ether oxygens (including phenoxy) is 1. The van der Waals surface area contributed by atoms with Crippen molar-refractivity contribution >= 4 is 5.96 Å². The second-order valence-electron chi connectivity index (χ2n) is 6.57. The fourth-order valence-corrected chi connectivity index (χ4v) is 2.88. The van der Waals surface area contributed by atoms with Gasteiger partial charge in [0.1, 0.15) is 5.75 Å². The van der Waals surface area contributed by atoms with Crippen LogP contribution >= 0.6 is 0 Å². The highest BCUT2D eigenvalue weighted by atomic mass is 16.5. The highest BCUT2D eigenvalue weighted by molar-refractivity contribution is 5.79. The summed E-state index contributed by atoms with van der Waals surface area (Å²) in [5, 5.41) is 11.3. The highest BCUT2D eigenvalue weighted by Crippen LogP contribution is 2.15. The molecular weight excluding hydrogens is 350 g/mol. The third kappa shape index (κ3) is 5.13. The summed E-state index contributed by atoms with van der Waals surface area (Å²) in [4.78, 5) is 4.30. The Hall–Kier alpha value is -3.28. The number of rotatable bonds is 7. The molecule has 6 heteroatoms. The summed E-state index contributed by atoms with van der Waals surface area (Å²) in [5.74, 6) is 1.99. The fourth-order valence-electron chi connectivity index (χ4n) is 2.88. The molecule has 1 aromatic heterocycles. The number of aliphatic imine (C=N–C) groups is 1. The molecular formula is C22H27N5O. The third-order valence-electron chi connectivity index (χ3n) is 4.59. The molecule has 6 nitrogen and oxygen atoms in total. The Morgan fingerprint density at radius 2 is 1.82 bits per heavy atom. The zero-order valence-electron chi connectivity index (χ0n) is 16.6. The average molecular weight is 377 g/mol. The van der Waals surface area contributed by atoms with Crippen molar-refractivity contribution in [3.63, 3.8) is 0 Å². The van der Waals surface area contributed by atoms with E-state index in [-0.39, 0.29) is 0 Å². The molecule has 146 valence electrons. The molecule has 0 saturated heterocycles. The number of nitrogens with zero attached hydrogens (tertiary/aromatic N) is 3. The molecule has 0 amide bonds. The first-order valence-electron chi connectivity index (χ1n) is 9.38. The predicted molar refractivity (Wildman–Crippen MR) is 113 cm³/mol. The molecule has 1 atom stereocenters. The van der Waals surface area contributed by atoms with Gasteiger partial charge in [0, 0.05) is 19.8 Å². The van der Waals surface area contributed by atoms with Crippen molar-refractivity contribution in [3.05, 3.63) is 78.1 Å². The number of nitrogens with one attached hydrogen (secondary N) is 2. The number of hydrogen-bond donors (Lipinski definition) is 2. The summed E-state index contributed by atoms with van der Waals surface area (Å²) >= 11 is 0. The van der Waals surface area contributed by atoms with Gasteiger partial charge in [-0.25, -0.2) is 4.68 Å². The highest BCUT2D eigenvalue weighted by Gasteiger charge is 2.07. The monoisotopic (exact) mass is 377 g/mol. The van der Waals surface area contributed by atoms with E-state index in [4.69, 9.17) is 4.74 Å². The first-order valence-corrected chi connectivity index (χ1v) is 9.38. The van der Waals surface area contributed by atoms with E-state index in [2.05, 4.69) is 51.9 Å². The van der Waals surface area contributed by atoms with Gasteiger partial charge >= 0.3 is 0 Å². The van der Waals surface area contributed by atoms with Gasteiger partial charge in [0.25, 0.3) is 0 Å². The molecule has 0 aliphatic rings. The van der Waals surface area contributed by atoms with Gasteiger partial charge in [0.2, 0.25) is 0 Å². The minimum Gasteiger partial charge on any atom is -0.497 e. The number of guanidine groups is 1. The normalized spacial score (nSPS) is 12.5. The minimum absolute atomic E-state index is 0.397. The fraction of sp³-hybridized carbons (Fsp3) is 0.273. The number of methoxy groups -OCH3 is 1. The molecule has 0 aliphatic carbocycles. The first kappa shape index (κ1) is 19.5. The van der Waals surface area contributed by atoms with Gasteiger partial charge in [0.15, 0.2) is 5.96 Å². The number of benzene rings is 2. The molecule has 0 spiro atoms. The van der Waals surface area contributed by atoms with E-state index in [1.807, 2.05) is 47.3 Å². The van der Waals surface area contributed by atoms with Crippen molar-refractivity contribution in [1.29, 1.82) is 0 Å². The first-order chi connectivity index (χ1) is 13.7. The van der Waals surface area contributed by atoms with Crippen LogP contribution in [0.1, 0.15) is 24.1 Å². The van der Waals surface area contributed by atoms with E-state index in [0.717, 1.165) is 29.6 Å². The van der Waals surface area contributed by atoms with Crippen LogP contribution in [0.3, 0.4) is 0 Å². The molecule has 1 heterocycles. The van der Waals surface area contributed by atoms with Crippen LogP contribution in [0.15, 0.2) is 71.9 Å². The topological polar surface area (TPSA) is 63.5 Å². The van der Waals surface area contributed by atoms with Crippen molar-refractivity contribution in [2.45, 2.75) is 19.4 Å². The van der Waals surface area contributed by atoms with Crippen molar-refractivity contribution in [3.8, 4) is 11.4 Å². The zero-order valence-corrected chi connectivity index (χ0v) is 16.6. The molecule has 1 unspecified atom stereocenters. The Bertz CT molecular complexity index is 887. The largest absolute Gasteiger partial charge is 0.497 e. The summed E-state index contributed by atoms with van der Waals surface area (Å²) in [6.45, 7) is 3.61. The quantitative estimate of drug-likeness (QED) is 0.490. The van der Waals surface area contributed by atoms with Crippen LogP contribution < -0.4 is 15.4 Å². The van der Waals surface area contributed by atoms with Crippen LogP contribution in [0.4, 0.5) is 0 Å². The van der Waals surface area contributed by atoms with Gasteiger partial charge in [-0.2, -0.15) is 5.10 Å². The van der Waals surface area contributed by atoms with Crippen LogP contribution in [0.25, 0.3) is 5.69 Å². The van der Waals surface area contributed by atoms with E-state index < -0.39 is 0 Å². The molecule has 0 radical (unpaired) electrons. The maximum atomic E-state index is 5.20. The van der Waals surface area contributed by atoms with Gasteiger partial charge in [0.05, 0.1) is 25.0 Å². The van der Waals surface area contributed by atoms with E-state index in [0.29, 0.717) is 12.5 Å². The molecule has 2 aromatic carbocycles. The Balaban J connectivity index is 1.52. The summed E-state index contributed by atoms with van der Waals surface area (Å²) in [6, 6.07) is 20.3. The summed E-state index contributed by atoms with van der Waals surface area (Å²) in [7, 11) is 3.44. The van der Waals surface area contributed by atoms with Crippen LogP contribution in [0.2, 0.25) is 0 Å². The van der Waals surface area contributed by atoms with Crippen LogP contribution in [-0.2, 0) is 6.54 Å². The van der Waals surface area contributed by atoms with Crippen molar-refractivity contribution in [2.75, 3.05) is 20.7 Å². The smallest absolute Gasteiger partial charge is 0.191 e. The Morgan fingerprint density at radius 1 is 1.07 bits per heavy atom. The Morgan fingerprint density at radius 3 is 2.50 bits per heavy atom. The van der Waals surface area contributed by atoms with Crippen molar-refractivity contribution < 1.29 is 4.74 Å². The summed E-state index contributed by atoms with van der Waals surface area (Å²) < 4.78 is 7.05. The minimum atomic E-state index is 0.397. The summed E-state index contributed by atoms with van der Waals surface area (Å²) in [5.41, 5.74) is 3.24. The van der Waals surface area contributed by atoms with Gasteiger partial charge in [-0.05, 0) is 41.8 Å². The van der Waals surface area contributed by atoms with E-state index >= 15 is 0 Å². The summed E-state index contributed by atoms with van der Waals surface area (Å²) in [6.07, 6.45) is 1.95. The lowest BCUT2D eigenvalue weighted by Gasteiger charge is -2.16. The molecule has 0 aliphatic heterocycles. The predicted octanol–water partition coefficient (Wildman–Crippen LogP) is 3.35. The Kier molecular flexibility index (Phi) is 6.68. The van der Waals surface area contributed by atoms with Gasteiger partial charge in [-0.15, -0.1) is 0 Å². The van der Waals surface area contributed by atoms with E-state index in [1.54, 1.807) is 14.2 Å². The number of aromatic nitrogens is 2. The van der Waals surface area contributed by atoms with Crippen LogP contribution in [-0.4, -0.2) is 36.4 Å².